The lowest BCUT2D eigenvalue weighted by molar-refractivity contribution is -0.140. The second-order valence-corrected chi connectivity index (χ2v) is 9.29. The summed E-state index contributed by atoms with van der Waals surface area (Å²) in [4.78, 5) is 37.7. The summed E-state index contributed by atoms with van der Waals surface area (Å²) < 4.78 is 6.55. The van der Waals surface area contributed by atoms with Gasteiger partial charge < -0.3 is 15.4 Å². The van der Waals surface area contributed by atoms with E-state index in [-0.39, 0.29) is 30.2 Å². The number of carbonyl (C=O) groups is 3. The number of methoxy groups -OCH3 is 1. The summed E-state index contributed by atoms with van der Waals surface area (Å²) in [6.45, 7) is 5.78. The van der Waals surface area contributed by atoms with Gasteiger partial charge in [-0.2, -0.15) is 5.10 Å². The average molecular weight is 525 g/mol. The fraction of sp³-hybridized carbons (Fsp3) is 0.226. The van der Waals surface area contributed by atoms with Crippen LogP contribution < -0.4 is 10.6 Å². The minimum atomic E-state index is -0.329. The number of nitrogens with zero attached hydrogens (tertiary/aromatic N) is 2. The number of hydrogen-bond donors (Lipinski definition) is 2. The second-order valence-electron chi connectivity index (χ2n) is 9.29. The average Bonchev–Trinajstić information content (AvgIpc) is 3.24. The van der Waals surface area contributed by atoms with E-state index in [4.69, 9.17) is 4.74 Å². The lowest BCUT2D eigenvalue weighted by atomic mass is 10.1. The quantitative estimate of drug-likeness (QED) is 0.288. The zero-order valence-electron chi connectivity index (χ0n) is 22.5. The van der Waals surface area contributed by atoms with E-state index >= 15 is 0 Å². The first-order valence-electron chi connectivity index (χ1n) is 12.8. The molecule has 200 valence electrons. The lowest BCUT2D eigenvalue weighted by Crippen LogP contribution is -2.28. The summed E-state index contributed by atoms with van der Waals surface area (Å²) in [7, 11) is 1.38. The Hall–Kier alpha value is -4.72. The third kappa shape index (κ3) is 6.41. The molecule has 8 nitrogen and oxygen atoms in total. The predicted molar refractivity (Wildman–Crippen MR) is 150 cm³/mol. The standard InChI is InChI=1S/C31H32N4O4/c1-20(23-10-6-5-7-11-23)32-31(38)27-12-8-9-13-28(27)33-30(37)24-14-16-25(17-15-24)35-22(3)26(21(2)34-35)18-19-29(36)39-4/h5-17,20H,18-19H2,1-4H3,(H,32,38)(H,33,37). The van der Waals surface area contributed by atoms with Crippen LogP contribution in [0.4, 0.5) is 5.69 Å². The maximum Gasteiger partial charge on any atom is 0.305 e. The van der Waals surface area contributed by atoms with Gasteiger partial charge in [0.2, 0.25) is 0 Å². The monoisotopic (exact) mass is 524 g/mol. The van der Waals surface area contributed by atoms with Crippen molar-refractivity contribution >= 4 is 23.5 Å². The van der Waals surface area contributed by atoms with Crippen molar-refractivity contribution in [2.24, 2.45) is 0 Å². The molecule has 0 radical (unpaired) electrons. The molecule has 1 aromatic heterocycles. The Kier molecular flexibility index (Phi) is 8.56. The van der Waals surface area contributed by atoms with Crippen LogP contribution in [0.3, 0.4) is 0 Å². The Morgan fingerprint density at radius 2 is 1.56 bits per heavy atom. The second kappa shape index (κ2) is 12.2. The fourth-order valence-corrected chi connectivity index (χ4v) is 4.46. The Labute approximate surface area is 228 Å². The van der Waals surface area contributed by atoms with E-state index in [1.54, 1.807) is 41.1 Å². The van der Waals surface area contributed by atoms with Crippen LogP contribution in [-0.4, -0.2) is 34.7 Å². The number of ether oxygens (including phenoxy) is 1. The van der Waals surface area contributed by atoms with E-state index in [1.807, 2.05) is 63.2 Å². The van der Waals surface area contributed by atoms with Gasteiger partial charge in [-0.1, -0.05) is 42.5 Å². The first-order chi connectivity index (χ1) is 18.8. The van der Waals surface area contributed by atoms with Crippen LogP contribution in [0.15, 0.2) is 78.9 Å². The van der Waals surface area contributed by atoms with Crippen molar-refractivity contribution in [3.8, 4) is 5.69 Å². The topological polar surface area (TPSA) is 102 Å². The molecule has 4 aromatic rings. The van der Waals surface area contributed by atoms with Crippen LogP contribution in [0.5, 0.6) is 0 Å². The summed E-state index contributed by atoms with van der Waals surface area (Å²) >= 11 is 0. The number of esters is 1. The molecule has 0 aliphatic heterocycles. The summed E-state index contributed by atoms with van der Waals surface area (Å²) in [5.41, 5.74) is 5.81. The number of anilines is 1. The van der Waals surface area contributed by atoms with E-state index in [1.165, 1.54) is 7.11 Å². The van der Waals surface area contributed by atoms with Gasteiger partial charge in [0.05, 0.1) is 35.8 Å². The van der Waals surface area contributed by atoms with Crippen LogP contribution in [0.1, 0.15) is 62.6 Å². The molecular formula is C31H32N4O4. The molecule has 3 aromatic carbocycles. The van der Waals surface area contributed by atoms with Gasteiger partial charge >= 0.3 is 5.97 Å². The number of aromatic nitrogens is 2. The van der Waals surface area contributed by atoms with Gasteiger partial charge in [0.15, 0.2) is 0 Å². The molecule has 2 N–H and O–H groups in total. The van der Waals surface area contributed by atoms with E-state index < -0.39 is 0 Å². The van der Waals surface area contributed by atoms with Crippen LogP contribution >= 0.6 is 0 Å². The number of aryl methyl sites for hydroxylation is 1. The largest absolute Gasteiger partial charge is 0.469 e. The smallest absolute Gasteiger partial charge is 0.305 e. The SMILES string of the molecule is COC(=O)CCc1c(C)nn(-c2ccc(C(=O)Nc3ccccc3C(=O)NC(C)c3ccccc3)cc2)c1C. The summed E-state index contributed by atoms with van der Waals surface area (Å²) in [6, 6.07) is 23.5. The van der Waals surface area contributed by atoms with Gasteiger partial charge in [-0.15, -0.1) is 0 Å². The highest BCUT2D eigenvalue weighted by atomic mass is 16.5. The molecule has 0 aliphatic rings. The van der Waals surface area contributed by atoms with Crippen LogP contribution in [0.25, 0.3) is 5.69 Å². The first-order valence-corrected chi connectivity index (χ1v) is 12.8. The molecule has 0 saturated heterocycles. The molecule has 0 saturated carbocycles. The molecule has 8 heteroatoms. The third-order valence-corrected chi connectivity index (χ3v) is 6.69. The van der Waals surface area contributed by atoms with E-state index in [2.05, 4.69) is 15.7 Å². The predicted octanol–water partition coefficient (Wildman–Crippen LogP) is 5.34. The number of benzene rings is 3. The third-order valence-electron chi connectivity index (χ3n) is 6.69. The van der Waals surface area contributed by atoms with E-state index in [9.17, 15) is 14.4 Å². The molecule has 2 amide bonds. The van der Waals surface area contributed by atoms with E-state index in [0.29, 0.717) is 23.2 Å². The van der Waals surface area contributed by atoms with Gasteiger partial charge in [0.1, 0.15) is 0 Å². The van der Waals surface area contributed by atoms with Crippen molar-refractivity contribution in [2.45, 2.75) is 39.7 Å². The van der Waals surface area contributed by atoms with E-state index in [0.717, 1.165) is 28.2 Å². The fourth-order valence-electron chi connectivity index (χ4n) is 4.46. The van der Waals surface area contributed by atoms with Gasteiger partial charge in [-0.3, -0.25) is 14.4 Å². The number of nitrogens with one attached hydrogen (secondary N) is 2. The van der Waals surface area contributed by atoms with Gasteiger partial charge in [0, 0.05) is 17.7 Å². The van der Waals surface area contributed by atoms with Crippen LogP contribution in [0.2, 0.25) is 0 Å². The molecule has 1 atom stereocenters. The molecular weight excluding hydrogens is 492 g/mol. The number of para-hydroxylation sites is 1. The molecule has 1 heterocycles. The molecule has 39 heavy (non-hydrogen) atoms. The zero-order chi connectivity index (χ0) is 27.9. The zero-order valence-corrected chi connectivity index (χ0v) is 22.5. The Morgan fingerprint density at radius 3 is 2.26 bits per heavy atom. The molecule has 1 unspecified atom stereocenters. The van der Waals surface area contributed by atoms with Gasteiger partial charge in [-0.25, -0.2) is 4.68 Å². The molecule has 0 aliphatic carbocycles. The minimum absolute atomic E-state index is 0.189. The highest BCUT2D eigenvalue weighted by Gasteiger charge is 2.18. The van der Waals surface area contributed by atoms with Crippen molar-refractivity contribution in [2.75, 3.05) is 12.4 Å². The Balaban J connectivity index is 1.46. The maximum atomic E-state index is 13.1. The highest BCUT2D eigenvalue weighted by Crippen LogP contribution is 2.22. The summed E-state index contributed by atoms with van der Waals surface area (Å²) in [5.74, 6) is -0.864. The molecule has 4 rings (SSSR count). The summed E-state index contributed by atoms with van der Waals surface area (Å²) in [5, 5.41) is 10.5. The van der Waals surface area contributed by atoms with Crippen LogP contribution in [0, 0.1) is 13.8 Å². The van der Waals surface area contributed by atoms with Crippen molar-refractivity contribution in [3.63, 3.8) is 0 Å². The van der Waals surface area contributed by atoms with Crippen molar-refractivity contribution in [1.82, 2.24) is 15.1 Å². The minimum Gasteiger partial charge on any atom is -0.469 e. The number of rotatable bonds is 9. The molecule has 0 spiro atoms. The number of hydrogen-bond acceptors (Lipinski definition) is 5. The summed E-state index contributed by atoms with van der Waals surface area (Å²) in [6.07, 6.45) is 0.829. The van der Waals surface area contributed by atoms with Crippen molar-refractivity contribution in [3.05, 3.63) is 113 Å². The number of carbonyl (C=O) groups excluding carboxylic acids is 3. The van der Waals surface area contributed by atoms with Crippen molar-refractivity contribution < 1.29 is 19.1 Å². The highest BCUT2D eigenvalue weighted by molar-refractivity contribution is 6.09. The Bertz CT molecular complexity index is 1480. The van der Waals surface area contributed by atoms with Crippen molar-refractivity contribution in [1.29, 1.82) is 0 Å². The van der Waals surface area contributed by atoms with Gasteiger partial charge in [0.25, 0.3) is 11.8 Å². The molecule has 0 fully saturated rings. The lowest BCUT2D eigenvalue weighted by Gasteiger charge is -2.16. The van der Waals surface area contributed by atoms with Gasteiger partial charge in [-0.05, 0) is 74.7 Å². The van der Waals surface area contributed by atoms with Crippen LogP contribution in [-0.2, 0) is 16.0 Å². The Morgan fingerprint density at radius 1 is 0.897 bits per heavy atom. The number of amides is 2. The first kappa shape index (κ1) is 27.3. The molecule has 0 bridgehead atoms. The normalized spacial score (nSPS) is 11.5. The maximum absolute atomic E-state index is 13.1.